The fourth-order valence-corrected chi connectivity index (χ4v) is 12.9. The summed E-state index contributed by atoms with van der Waals surface area (Å²) in [6.45, 7) is 11.5. The summed E-state index contributed by atoms with van der Waals surface area (Å²) in [6.07, 6.45) is 3.33. The van der Waals surface area contributed by atoms with E-state index in [0.717, 1.165) is 69.8 Å². The molecule has 4 aromatic carbocycles. The molecular weight excluding hydrogens is 931 g/mol. The summed E-state index contributed by atoms with van der Waals surface area (Å²) in [5, 5.41) is 0.713. The first-order valence-corrected chi connectivity index (χ1v) is 27.1. The van der Waals surface area contributed by atoms with E-state index in [2.05, 4.69) is 40.7 Å². The van der Waals surface area contributed by atoms with Crippen LogP contribution in [-0.2, 0) is 41.6 Å². The molecule has 0 saturated carbocycles. The number of hydrogen-bond acceptors (Lipinski definition) is 10. The summed E-state index contributed by atoms with van der Waals surface area (Å²) < 4.78 is 115. The predicted octanol–water partition coefficient (Wildman–Crippen LogP) is 8.76. The normalized spacial score (nSPS) is 18.8. The molecule has 2 aliphatic heterocycles. The minimum atomic E-state index is -6.05. The van der Waals surface area contributed by atoms with Crippen molar-refractivity contribution in [3.05, 3.63) is 124 Å². The quantitative estimate of drug-likeness (QED) is 0.0950. The van der Waals surface area contributed by atoms with Crippen LogP contribution in [0.2, 0.25) is 5.02 Å². The number of carbonyl (C=O) groups is 1. The molecule has 1 unspecified atom stereocenters. The van der Waals surface area contributed by atoms with E-state index in [0.29, 0.717) is 55.3 Å². The maximum atomic E-state index is 14.2. The number of rotatable bonds is 17. The molecule has 17 heteroatoms. The van der Waals surface area contributed by atoms with E-state index in [4.69, 9.17) is 16.3 Å². The average Bonchev–Trinajstić information content (AvgIpc) is 3.29. The molecule has 10 nitrogen and oxygen atoms in total. The fraction of sp³-hybridized carbons (Fsp3) is 0.449. The van der Waals surface area contributed by atoms with Crippen LogP contribution in [0.5, 0.6) is 0 Å². The lowest BCUT2D eigenvalue weighted by molar-refractivity contribution is -0.0436. The van der Waals surface area contributed by atoms with E-state index >= 15 is 0 Å². The van der Waals surface area contributed by atoms with Crippen molar-refractivity contribution in [2.75, 3.05) is 82.0 Å². The number of nitrogens with zero attached hydrogens (tertiary/aromatic N) is 3. The highest BCUT2D eigenvalue weighted by Crippen LogP contribution is 2.43. The van der Waals surface area contributed by atoms with Gasteiger partial charge in [0.15, 0.2) is 15.6 Å². The molecule has 66 heavy (non-hydrogen) atoms. The van der Waals surface area contributed by atoms with Crippen molar-refractivity contribution in [2.45, 2.75) is 66.1 Å². The third kappa shape index (κ3) is 12.6. The van der Waals surface area contributed by atoms with Gasteiger partial charge in [-0.2, -0.15) is 13.2 Å². The van der Waals surface area contributed by atoms with Crippen LogP contribution in [0.3, 0.4) is 0 Å². The Morgan fingerprint density at radius 1 is 0.848 bits per heavy atom. The zero-order valence-corrected chi connectivity index (χ0v) is 40.5. The molecule has 2 atom stereocenters. The molecule has 0 radical (unpaired) electrons. The van der Waals surface area contributed by atoms with Crippen molar-refractivity contribution < 1.29 is 43.7 Å². The van der Waals surface area contributed by atoms with Gasteiger partial charge < -0.3 is 9.64 Å². The summed E-state index contributed by atoms with van der Waals surface area (Å²) >= 11 is 6.19. The zero-order chi connectivity index (χ0) is 47.3. The Hall–Kier alpha value is -3.90. The van der Waals surface area contributed by atoms with Crippen molar-refractivity contribution in [2.24, 2.45) is 11.3 Å². The Kier molecular flexibility index (Phi) is 16.0. The van der Waals surface area contributed by atoms with Crippen molar-refractivity contribution in [3.8, 4) is 0 Å². The lowest BCUT2D eigenvalue weighted by Crippen LogP contribution is -2.47. The van der Waals surface area contributed by atoms with Gasteiger partial charge in [0, 0.05) is 72.7 Å². The van der Waals surface area contributed by atoms with Crippen LogP contribution >= 0.6 is 11.6 Å². The topological polar surface area (TPSA) is 121 Å². The third-order valence-electron chi connectivity index (χ3n) is 12.9. The predicted molar refractivity (Wildman–Crippen MR) is 254 cm³/mol. The summed E-state index contributed by atoms with van der Waals surface area (Å²) in [5.41, 5.74) is -0.751. The van der Waals surface area contributed by atoms with Gasteiger partial charge in [0.2, 0.25) is 0 Å². The Bertz CT molecular complexity index is 2610. The largest absolute Gasteiger partial charge is 0.501 e. The molecule has 4 aromatic rings. The number of halogens is 4. The number of benzene rings is 4. The van der Waals surface area contributed by atoms with E-state index in [1.165, 1.54) is 28.8 Å². The SMILES string of the molecule is CC1(C)CCC(c2ccc(Cl)cc2)=C(CN2CCN(c3ccc(C(=O)CS(=O)(=O)c4ccc(C[C@H](CCN5CCOCC5)CS(=O)c5ccccc5)c(S(=O)(=O)C(F)(F)F)c4)cc3)CC2)C1. The fourth-order valence-electron chi connectivity index (χ4n) is 9.09. The monoisotopic (exact) mass is 987 g/mol. The number of ketones is 1. The molecule has 7 rings (SSSR count). The van der Waals surface area contributed by atoms with Gasteiger partial charge in [-0.15, -0.1) is 0 Å². The van der Waals surface area contributed by atoms with Gasteiger partial charge in [-0.05, 0) is 127 Å². The average molecular weight is 989 g/mol. The van der Waals surface area contributed by atoms with Crippen molar-refractivity contribution in [1.29, 1.82) is 0 Å². The highest BCUT2D eigenvalue weighted by molar-refractivity contribution is 7.93. The summed E-state index contributed by atoms with van der Waals surface area (Å²) in [5.74, 6) is -2.37. The number of Topliss-reactive ketones (excluding diaryl/α,β-unsaturated/α-hetero) is 1. The lowest BCUT2D eigenvalue weighted by atomic mass is 9.73. The summed E-state index contributed by atoms with van der Waals surface area (Å²) in [7, 11) is -12.2. The highest BCUT2D eigenvalue weighted by atomic mass is 35.5. The smallest absolute Gasteiger partial charge is 0.379 e. The molecular formula is C49H57ClF3N3O7S3. The number of morpholine rings is 1. The van der Waals surface area contributed by atoms with Gasteiger partial charge in [-0.3, -0.25) is 18.8 Å². The molecule has 0 aromatic heterocycles. The molecule has 2 saturated heterocycles. The van der Waals surface area contributed by atoms with Crippen LogP contribution in [-0.4, -0.2) is 119 Å². The molecule has 0 amide bonds. The van der Waals surface area contributed by atoms with Gasteiger partial charge in [-0.1, -0.05) is 67.4 Å². The molecule has 2 fully saturated rings. The maximum Gasteiger partial charge on any atom is 0.501 e. The van der Waals surface area contributed by atoms with Crippen molar-refractivity contribution >= 4 is 59.1 Å². The van der Waals surface area contributed by atoms with Gasteiger partial charge in [0.05, 0.1) is 33.8 Å². The standard InChI is InChI=1S/C49H57ClF3N3O7S3/c1-48(2)20-18-45(37-8-13-41(50)14-9-37)40(32-48)33-55-22-24-56(25-23-55)42-15-10-38(11-16-42)46(57)35-65(59,60)44-17-12-39(47(31-44)66(61,62)49(51,52)53)30-36(19-21-54-26-28-63-29-27-54)34-64(58)43-6-4-3-5-7-43/h3-17,31,36H,18-30,32-35H2,1-2H3/t36-,64?/m0/s1. The number of anilines is 1. The lowest BCUT2D eigenvalue weighted by Gasteiger charge is -2.39. The molecule has 0 N–H and O–H groups in total. The van der Waals surface area contributed by atoms with Crippen molar-refractivity contribution in [3.63, 3.8) is 0 Å². The van der Waals surface area contributed by atoms with Crippen LogP contribution in [0.1, 0.15) is 61.0 Å². The first-order valence-electron chi connectivity index (χ1n) is 22.3. The number of ether oxygens (including phenoxy) is 1. The van der Waals surface area contributed by atoms with Crippen LogP contribution in [0, 0.1) is 11.3 Å². The number of allylic oxidation sites excluding steroid dienone is 1. The highest BCUT2D eigenvalue weighted by Gasteiger charge is 2.48. The van der Waals surface area contributed by atoms with Crippen LogP contribution in [0.15, 0.2) is 117 Å². The number of alkyl halides is 3. The Balaban J connectivity index is 1.03. The second-order valence-corrected chi connectivity index (χ2v) is 24.1. The second-order valence-electron chi connectivity index (χ2n) is 18.3. The number of piperazine rings is 1. The van der Waals surface area contributed by atoms with Gasteiger partial charge in [0.1, 0.15) is 5.75 Å². The van der Waals surface area contributed by atoms with E-state index < -0.39 is 63.2 Å². The molecule has 1 aliphatic carbocycles. The summed E-state index contributed by atoms with van der Waals surface area (Å²) in [4.78, 5) is 18.9. The molecule has 0 bridgehead atoms. The van der Waals surface area contributed by atoms with E-state index in [1.807, 2.05) is 12.1 Å². The minimum Gasteiger partial charge on any atom is -0.379 e. The summed E-state index contributed by atoms with van der Waals surface area (Å²) in [6, 6.07) is 25.9. The molecule has 3 aliphatic rings. The maximum absolute atomic E-state index is 14.2. The Labute approximate surface area is 394 Å². The van der Waals surface area contributed by atoms with Crippen LogP contribution < -0.4 is 4.90 Å². The second kappa shape index (κ2) is 21.2. The number of carbonyl (C=O) groups excluding carboxylic acids is 1. The minimum absolute atomic E-state index is 0.0348. The number of hydrogen-bond donors (Lipinski definition) is 0. The van der Waals surface area contributed by atoms with Gasteiger partial charge in [-0.25, -0.2) is 16.8 Å². The van der Waals surface area contributed by atoms with Gasteiger partial charge >= 0.3 is 5.51 Å². The molecule has 356 valence electrons. The molecule has 2 heterocycles. The Morgan fingerprint density at radius 3 is 2.17 bits per heavy atom. The van der Waals surface area contributed by atoms with Crippen LogP contribution in [0.4, 0.5) is 18.9 Å². The van der Waals surface area contributed by atoms with E-state index in [1.54, 1.807) is 42.5 Å². The molecule has 0 spiro atoms. The van der Waals surface area contributed by atoms with Crippen LogP contribution in [0.25, 0.3) is 5.57 Å². The first kappa shape index (κ1) is 50.0. The zero-order valence-electron chi connectivity index (χ0n) is 37.3. The van der Waals surface area contributed by atoms with E-state index in [9.17, 15) is 39.0 Å². The van der Waals surface area contributed by atoms with Crippen molar-refractivity contribution in [1.82, 2.24) is 9.80 Å². The van der Waals surface area contributed by atoms with Gasteiger partial charge in [0.25, 0.3) is 9.84 Å². The van der Waals surface area contributed by atoms with E-state index in [-0.39, 0.29) is 28.7 Å². The Morgan fingerprint density at radius 2 is 1.52 bits per heavy atom. The number of sulfone groups is 2. The first-order chi connectivity index (χ1) is 31.3. The third-order valence-corrected chi connectivity index (χ3v) is 17.9.